The predicted molar refractivity (Wildman–Crippen MR) is 82.3 cm³/mol. The van der Waals surface area contributed by atoms with E-state index in [9.17, 15) is 4.79 Å². The van der Waals surface area contributed by atoms with Gasteiger partial charge in [0.05, 0.1) is 24.1 Å². The van der Waals surface area contributed by atoms with Crippen molar-refractivity contribution in [3.8, 4) is 0 Å². The van der Waals surface area contributed by atoms with Gasteiger partial charge in [-0.15, -0.1) is 0 Å². The molecule has 2 aromatic heterocycles. The monoisotopic (exact) mass is 297 g/mol. The lowest BCUT2D eigenvalue weighted by atomic mass is 9.95. The van der Waals surface area contributed by atoms with Gasteiger partial charge in [0.2, 0.25) is 0 Å². The molecule has 1 aliphatic rings. The van der Waals surface area contributed by atoms with Crippen LogP contribution in [-0.4, -0.2) is 33.9 Å². The molecule has 22 heavy (non-hydrogen) atoms. The summed E-state index contributed by atoms with van der Waals surface area (Å²) < 4.78 is 0. The van der Waals surface area contributed by atoms with Crippen molar-refractivity contribution in [2.75, 3.05) is 13.1 Å². The number of pyridine rings is 1. The van der Waals surface area contributed by atoms with Crippen molar-refractivity contribution in [1.29, 1.82) is 0 Å². The summed E-state index contributed by atoms with van der Waals surface area (Å²) in [7, 11) is 0. The van der Waals surface area contributed by atoms with E-state index in [1.54, 1.807) is 18.6 Å². The number of carbonyl (C=O) groups is 1. The number of hydrogen-bond acceptors (Lipinski definition) is 5. The van der Waals surface area contributed by atoms with Gasteiger partial charge in [-0.3, -0.25) is 14.8 Å². The van der Waals surface area contributed by atoms with Gasteiger partial charge in [0.1, 0.15) is 5.69 Å². The molecule has 1 amide bonds. The highest BCUT2D eigenvalue weighted by atomic mass is 16.1. The van der Waals surface area contributed by atoms with Crippen LogP contribution < -0.4 is 10.6 Å². The largest absolute Gasteiger partial charge is 0.345 e. The second-order valence-corrected chi connectivity index (χ2v) is 5.35. The van der Waals surface area contributed by atoms with Gasteiger partial charge >= 0.3 is 0 Å². The quantitative estimate of drug-likeness (QED) is 0.888. The Labute approximate surface area is 129 Å². The summed E-state index contributed by atoms with van der Waals surface area (Å²) in [4.78, 5) is 24.9. The Hall–Kier alpha value is -2.34. The van der Waals surface area contributed by atoms with E-state index in [4.69, 9.17) is 0 Å². The molecular weight excluding hydrogens is 278 g/mol. The maximum atomic E-state index is 12.1. The zero-order valence-corrected chi connectivity index (χ0v) is 12.3. The van der Waals surface area contributed by atoms with Crippen molar-refractivity contribution in [3.63, 3.8) is 0 Å². The summed E-state index contributed by atoms with van der Waals surface area (Å²) in [6.45, 7) is 2.41. The smallest absolute Gasteiger partial charge is 0.271 e. The molecular formula is C16H19N5O. The van der Waals surface area contributed by atoms with Crippen LogP contribution in [0.3, 0.4) is 0 Å². The number of nitrogens with one attached hydrogen (secondary N) is 2. The number of nitrogens with zero attached hydrogens (tertiary/aromatic N) is 3. The van der Waals surface area contributed by atoms with Crippen LogP contribution in [0.25, 0.3) is 0 Å². The summed E-state index contributed by atoms with van der Waals surface area (Å²) in [5.41, 5.74) is 2.13. The Morgan fingerprint density at radius 1 is 1.18 bits per heavy atom. The van der Waals surface area contributed by atoms with Gasteiger partial charge in [0.15, 0.2) is 0 Å². The molecule has 1 saturated heterocycles. The fourth-order valence-electron chi connectivity index (χ4n) is 2.55. The molecule has 1 fully saturated rings. The van der Waals surface area contributed by atoms with Crippen LogP contribution >= 0.6 is 0 Å². The van der Waals surface area contributed by atoms with E-state index in [1.807, 2.05) is 18.2 Å². The van der Waals surface area contributed by atoms with Gasteiger partial charge in [0.25, 0.3) is 5.91 Å². The molecule has 0 spiro atoms. The van der Waals surface area contributed by atoms with Crippen LogP contribution in [0, 0.1) is 0 Å². The van der Waals surface area contributed by atoms with Crippen LogP contribution in [0.2, 0.25) is 0 Å². The molecule has 0 radical (unpaired) electrons. The number of amides is 1. The highest BCUT2D eigenvalue weighted by Gasteiger charge is 2.17. The lowest BCUT2D eigenvalue weighted by Gasteiger charge is -2.21. The molecule has 2 aromatic rings. The number of rotatable bonds is 4. The fourth-order valence-corrected chi connectivity index (χ4v) is 2.55. The van der Waals surface area contributed by atoms with E-state index < -0.39 is 0 Å². The Morgan fingerprint density at radius 3 is 2.73 bits per heavy atom. The van der Waals surface area contributed by atoms with Gasteiger partial charge in [-0.2, -0.15) is 0 Å². The topological polar surface area (TPSA) is 79.8 Å². The average Bonchev–Trinajstić information content (AvgIpc) is 2.61. The van der Waals surface area contributed by atoms with Crippen molar-refractivity contribution in [3.05, 3.63) is 53.9 Å². The number of carbonyl (C=O) groups excluding carboxylic acids is 1. The molecule has 6 heteroatoms. The Kier molecular flexibility index (Phi) is 4.70. The molecule has 0 saturated carbocycles. The maximum absolute atomic E-state index is 12.1. The molecule has 0 unspecified atom stereocenters. The summed E-state index contributed by atoms with van der Waals surface area (Å²) >= 11 is 0. The summed E-state index contributed by atoms with van der Waals surface area (Å²) in [6, 6.07) is 5.60. The number of piperidine rings is 1. The van der Waals surface area contributed by atoms with Crippen LogP contribution in [0.15, 0.2) is 36.8 Å². The third-order valence-electron chi connectivity index (χ3n) is 3.82. The first-order chi connectivity index (χ1) is 10.8. The van der Waals surface area contributed by atoms with E-state index in [2.05, 4.69) is 25.6 Å². The minimum atomic E-state index is -0.227. The number of aromatic nitrogens is 3. The standard InChI is InChI=1S/C16H19N5O/c22-16(21-9-13-3-1-2-6-18-13)15-11-19-14(10-20-15)12-4-7-17-8-5-12/h1-3,6,10-12,17H,4-5,7-9H2,(H,21,22). The zero-order chi connectivity index (χ0) is 15.2. The molecule has 3 rings (SSSR count). The second kappa shape index (κ2) is 7.09. The minimum Gasteiger partial charge on any atom is -0.345 e. The van der Waals surface area contributed by atoms with Crippen molar-refractivity contribution in [1.82, 2.24) is 25.6 Å². The molecule has 114 valence electrons. The Balaban J connectivity index is 1.58. The average molecular weight is 297 g/mol. The third-order valence-corrected chi connectivity index (χ3v) is 3.82. The predicted octanol–water partition coefficient (Wildman–Crippen LogP) is 1.27. The van der Waals surface area contributed by atoms with E-state index >= 15 is 0 Å². The highest BCUT2D eigenvalue weighted by Crippen LogP contribution is 2.22. The van der Waals surface area contributed by atoms with Crippen LogP contribution in [-0.2, 0) is 6.54 Å². The maximum Gasteiger partial charge on any atom is 0.271 e. The first-order valence-electron chi connectivity index (χ1n) is 7.53. The van der Waals surface area contributed by atoms with Gasteiger partial charge in [0, 0.05) is 18.3 Å². The normalized spacial score (nSPS) is 15.5. The molecule has 2 N–H and O–H groups in total. The third kappa shape index (κ3) is 3.65. The highest BCUT2D eigenvalue weighted by molar-refractivity contribution is 5.91. The van der Waals surface area contributed by atoms with Gasteiger partial charge in [-0.25, -0.2) is 4.98 Å². The molecule has 6 nitrogen and oxygen atoms in total. The lowest BCUT2D eigenvalue weighted by molar-refractivity contribution is 0.0945. The minimum absolute atomic E-state index is 0.227. The Bertz CT molecular complexity index is 608. The van der Waals surface area contributed by atoms with Crippen molar-refractivity contribution in [2.24, 2.45) is 0 Å². The SMILES string of the molecule is O=C(NCc1ccccn1)c1cnc(C2CCNCC2)cn1. The summed E-state index contributed by atoms with van der Waals surface area (Å²) in [5, 5.41) is 6.13. The van der Waals surface area contributed by atoms with E-state index in [0.717, 1.165) is 37.3 Å². The first-order valence-corrected chi connectivity index (χ1v) is 7.53. The van der Waals surface area contributed by atoms with Crippen LogP contribution in [0.5, 0.6) is 0 Å². The fraction of sp³-hybridized carbons (Fsp3) is 0.375. The van der Waals surface area contributed by atoms with Gasteiger partial charge in [-0.05, 0) is 38.1 Å². The molecule has 1 aliphatic heterocycles. The lowest BCUT2D eigenvalue weighted by Crippen LogP contribution is -2.27. The first kappa shape index (κ1) is 14.6. The summed E-state index contributed by atoms with van der Waals surface area (Å²) in [6.07, 6.45) is 7.13. The number of hydrogen-bond donors (Lipinski definition) is 2. The van der Waals surface area contributed by atoms with Crippen molar-refractivity contribution < 1.29 is 4.79 Å². The van der Waals surface area contributed by atoms with E-state index in [0.29, 0.717) is 18.2 Å². The van der Waals surface area contributed by atoms with Crippen LogP contribution in [0.1, 0.15) is 40.6 Å². The van der Waals surface area contributed by atoms with Crippen LogP contribution in [0.4, 0.5) is 0 Å². The summed E-state index contributed by atoms with van der Waals surface area (Å²) in [5.74, 6) is 0.217. The molecule has 3 heterocycles. The zero-order valence-electron chi connectivity index (χ0n) is 12.3. The van der Waals surface area contributed by atoms with Gasteiger partial charge in [-0.1, -0.05) is 6.07 Å². The van der Waals surface area contributed by atoms with Crippen molar-refractivity contribution in [2.45, 2.75) is 25.3 Å². The van der Waals surface area contributed by atoms with E-state index in [-0.39, 0.29) is 5.91 Å². The van der Waals surface area contributed by atoms with E-state index in [1.165, 1.54) is 0 Å². The molecule has 0 aromatic carbocycles. The second-order valence-electron chi connectivity index (χ2n) is 5.35. The Morgan fingerprint density at radius 2 is 2.05 bits per heavy atom. The molecule has 0 aliphatic carbocycles. The molecule has 0 bridgehead atoms. The van der Waals surface area contributed by atoms with Gasteiger partial charge < -0.3 is 10.6 Å². The van der Waals surface area contributed by atoms with Crippen molar-refractivity contribution >= 4 is 5.91 Å². The molecule has 0 atom stereocenters.